The number of nitrogens with one attached hydrogen (secondary N) is 1. The van der Waals surface area contributed by atoms with Crippen molar-refractivity contribution in [2.75, 3.05) is 13.7 Å². The van der Waals surface area contributed by atoms with E-state index in [1.54, 1.807) is 0 Å². The summed E-state index contributed by atoms with van der Waals surface area (Å²) in [6.45, 7) is 0.585. The fourth-order valence-corrected chi connectivity index (χ4v) is 1.24. The van der Waals surface area contributed by atoms with Gasteiger partial charge in [-0.3, -0.25) is 4.79 Å². The predicted molar refractivity (Wildman–Crippen MR) is 39.0 cm³/mol. The van der Waals surface area contributed by atoms with Crippen LogP contribution in [0.3, 0.4) is 0 Å². The maximum atomic E-state index is 10.7. The summed E-state index contributed by atoms with van der Waals surface area (Å²) in [6.07, 6.45) is 0.701. The number of methoxy groups -OCH3 is 1. The van der Waals surface area contributed by atoms with Crippen LogP contribution < -0.4 is 5.32 Å². The summed E-state index contributed by atoms with van der Waals surface area (Å²) in [4.78, 5) is 10.7. The van der Waals surface area contributed by atoms with E-state index in [2.05, 4.69) is 10.1 Å². The molecule has 4 nitrogen and oxygen atoms in total. The molecule has 0 amide bonds. The summed E-state index contributed by atoms with van der Waals surface area (Å²) in [5, 5.41) is 12.1. The van der Waals surface area contributed by atoms with Crippen LogP contribution in [0.5, 0.6) is 0 Å². The Hall–Kier alpha value is -0.610. The third-order valence-corrected chi connectivity index (χ3v) is 1.84. The van der Waals surface area contributed by atoms with Crippen molar-refractivity contribution in [3.8, 4) is 0 Å². The predicted octanol–water partition coefficient (Wildman–Crippen LogP) is -0.728. The largest absolute Gasteiger partial charge is 0.469 e. The topological polar surface area (TPSA) is 58.6 Å². The Morgan fingerprint density at radius 2 is 2.55 bits per heavy atom. The lowest BCUT2D eigenvalue weighted by Gasteiger charge is -2.06. The van der Waals surface area contributed by atoms with Gasteiger partial charge in [0.15, 0.2) is 0 Å². The zero-order valence-electron chi connectivity index (χ0n) is 6.54. The number of hydrogen-bond acceptors (Lipinski definition) is 4. The molecule has 1 rings (SSSR count). The second-order valence-corrected chi connectivity index (χ2v) is 2.77. The van der Waals surface area contributed by atoms with Gasteiger partial charge in [-0.2, -0.15) is 0 Å². The number of aliphatic hydroxyl groups excluding tert-OH is 1. The number of aliphatic hydroxyl groups is 1. The number of rotatable bonds is 2. The van der Waals surface area contributed by atoms with E-state index >= 15 is 0 Å². The fourth-order valence-electron chi connectivity index (χ4n) is 1.24. The van der Waals surface area contributed by atoms with Crippen LogP contribution in [0.4, 0.5) is 0 Å². The molecule has 0 bridgehead atoms. The van der Waals surface area contributed by atoms with E-state index in [0.29, 0.717) is 19.4 Å². The highest BCUT2D eigenvalue weighted by Gasteiger charge is 2.24. The summed E-state index contributed by atoms with van der Waals surface area (Å²) in [5.74, 6) is -0.225. The van der Waals surface area contributed by atoms with Gasteiger partial charge in [0.1, 0.15) is 0 Å². The number of carbonyl (C=O) groups excluding carboxylic acids is 1. The molecule has 1 saturated heterocycles. The van der Waals surface area contributed by atoms with Crippen molar-refractivity contribution in [1.82, 2.24) is 5.32 Å². The van der Waals surface area contributed by atoms with E-state index in [0.717, 1.165) is 0 Å². The van der Waals surface area contributed by atoms with Gasteiger partial charge in [-0.1, -0.05) is 0 Å². The number of esters is 1. The van der Waals surface area contributed by atoms with E-state index in [4.69, 9.17) is 5.11 Å². The first kappa shape index (κ1) is 8.49. The van der Waals surface area contributed by atoms with Crippen LogP contribution in [-0.2, 0) is 9.53 Å². The van der Waals surface area contributed by atoms with Gasteiger partial charge in [0.2, 0.25) is 0 Å². The van der Waals surface area contributed by atoms with E-state index in [1.807, 2.05) is 0 Å². The van der Waals surface area contributed by atoms with Crippen LogP contribution in [0.25, 0.3) is 0 Å². The quantitative estimate of drug-likeness (QED) is 0.522. The number of β-amino-alcohol motifs (C(OH)–C–C–N with tert-alkyl or cyclic N) is 1. The molecule has 1 fully saturated rings. The first-order chi connectivity index (χ1) is 5.22. The van der Waals surface area contributed by atoms with Crippen molar-refractivity contribution in [3.05, 3.63) is 0 Å². The Labute approximate surface area is 65.5 Å². The molecule has 1 heterocycles. The Morgan fingerprint density at radius 1 is 1.82 bits per heavy atom. The molecule has 0 aromatic heterocycles. The molecule has 1 aliphatic rings. The Balaban J connectivity index is 2.23. The van der Waals surface area contributed by atoms with Gasteiger partial charge in [-0.15, -0.1) is 0 Å². The summed E-state index contributed by atoms with van der Waals surface area (Å²) in [7, 11) is 1.37. The SMILES string of the molecule is COC(=O)C[C@H]1C[C@H](O)CN1. The molecule has 0 spiro atoms. The molecule has 2 atom stereocenters. The molecule has 0 saturated carbocycles. The first-order valence-corrected chi connectivity index (χ1v) is 3.70. The minimum Gasteiger partial charge on any atom is -0.469 e. The number of ether oxygens (including phenoxy) is 1. The van der Waals surface area contributed by atoms with Crippen molar-refractivity contribution >= 4 is 5.97 Å². The van der Waals surface area contributed by atoms with Crippen LogP contribution in [0.2, 0.25) is 0 Å². The molecule has 0 unspecified atom stereocenters. The third kappa shape index (κ3) is 2.48. The molecule has 0 aliphatic carbocycles. The van der Waals surface area contributed by atoms with Crippen LogP contribution in [-0.4, -0.2) is 36.9 Å². The molecule has 0 aromatic carbocycles. The highest BCUT2D eigenvalue weighted by molar-refractivity contribution is 5.69. The zero-order chi connectivity index (χ0) is 8.27. The van der Waals surface area contributed by atoms with Crippen LogP contribution in [0.1, 0.15) is 12.8 Å². The number of carbonyl (C=O) groups is 1. The van der Waals surface area contributed by atoms with Gasteiger partial charge in [-0.25, -0.2) is 0 Å². The Bertz CT molecular complexity index is 149. The summed E-state index contributed by atoms with van der Waals surface area (Å²) >= 11 is 0. The van der Waals surface area contributed by atoms with Crippen molar-refractivity contribution in [2.45, 2.75) is 25.0 Å². The molecule has 11 heavy (non-hydrogen) atoms. The maximum Gasteiger partial charge on any atom is 0.307 e. The van der Waals surface area contributed by atoms with Crippen molar-refractivity contribution in [3.63, 3.8) is 0 Å². The molecule has 64 valence electrons. The van der Waals surface area contributed by atoms with Crippen molar-refractivity contribution in [2.24, 2.45) is 0 Å². The smallest absolute Gasteiger partial charge is 0.307 e. The second-order valence-electron chi connectivity index (χ2n) is 2.77. The van der Waals surface area contributed by atoms with Gasteiger partial charge in [-0.05, 0) is 6.42 Å². The van der Waals surface area contributed by atoms with E-state index in [-0.39, 0.29) is 18.1 Å². The van der Waals surface area contributed by atoms with Gasteiger partial charge >= 0.3 is 5.97 Å². The molecular weight excluding hydrogens is 146 g/mol. The minimum absolute atomic E-state index is 0.0949. The average Bonchev–Trinajstić information content (AvgIpc) is 2.35. The Morgan fingerprint density at radius 3 is 3.00 bits per heavy atom. The molecule has 1 aliphatic heterocycles. The van der Waals surface area contributed by atoms with Crippen LogP contribution in [0.15, 0.2) is 0 Å². The van der Waals surface area contributed by atoms with Crippen LogP contribution in [0, 0.1) is 0 Å². The van der Waals surface area contributed by atoms with Gasteiger partial charge in [0, 0.05) is 12.6 Å². The summed E-state index contributed by atoms with van der Waals surface area (Å²) in [5.41, 5.74) is 0. The highest BCUT2D eigenvalue weighted by Crippen LogP contribution is 2.09. The second kappa shape index (κ2) is 3.69. The third-order valence-electron chi connectivity index (χ3n) is 1.84. The lowest BCUT2D eigenvalue weighted by Crippen LogP contribution is -2.25. The monoisotopic (exact) mass is 159 g/mol. The highest BCUT2D eigenvalue weighted by atomic mass is 16.5. The molecule has 4 heteroatoms. The normalized spacial score (nSPS) is 30.4. The zero-order valence-corrected chi connectivity index (χ0v) is 6.54. The summed E-state index contributed by atoms with van der Waals surface area (Å²) in [6, 6.07) is 0.0949. The first-order valence-electron chi connectivity index (χ1n) is 3.70. The van der Waals surface area contributed by atoms with E-state index < -0.39 is 0 Å². The molecule has 0 radical (unpaired) electrons. The maximum absolute atomic E-state index is 10.7. The van der Waals surface area contributed by atoms with E-state index in [9.17, 15) is 4.79 Å². The number of hydrogen-bond donors (Lipinski definition) is 2. The lowest BCUT2D eigenvalue weighted by molar-refractivity contribution is -0.141. The average molecular weight is 159 g/mol. The minimum atomic E-state index is -0.301. The van der Waals surface area contributed by atoms with Crippen molar-refractivity contribution < 1.29 is 14.6 Å². The molecule has 0 aromatic rings. The van der Waals surface area contributed by atoms with Gasteiger partial charge in [0.05, 0.1) is 19.6 Å². The van der Waals surface area contributed by atoms with Gasteiger partial charge in [0.25, 0.3) is 0 Å². The standard InChI is InChI=1S/C7H13NO3/c1-11-7(10)3-5-2-6(9)4-8-5/h5-6,8-9H,2-4H2,1H3/t5-,6+/m1/s1. The van der Waals surface area contributed by atoms with E-state index in [1.165, 1.54) is 7.11 Å². The van der Waals surface area contributed by atoms with Crippen LogP contribution >= 0.6 is 0 Å². The molecule has 2 N–H and O–H groups in total. The van der Waals surface area contributed by atoms with Gasteiger partial charge < -0.3 is 15.2 Å². The summed E-state index contributed by atoms with van der Waals surface area (Å²) < 4.78 is 4.49. The molecular formula is C7H13NO3. The lowest BCUT2D eigenvalue weighted by atomic mass is 10.1. The fraction of sp³-hybridized carbons (Fsp3) is 0.857. The van der Waals surface area contributed by atoms with Crippen molar-refractivity contribution in [1.29, 1.82) is 0 Å². The Kier molecular flexibility index (Phi) is 2.84.